The Labute approximate surface area is 120 Å². The molecule has 104 valence electrons. The average molecular weight is 277 g/mol. The Morgan fingerprint density at radius 1 is 1.32 bits per heavy atom. The number of nitrogens with zero attached hydrogens (tertiary/aromatic N) is 2. The van der Waals surface area contributed by atoms with Gasteiger partial charge in [0.15, 0.2) is 0 Å². The van der Waals surface area contributed by atoms with E-state index in [9.17, 15) is 0 Å². The van der Waals surface area contributed by atoms with Crippen molar-refractivity contribution in [2.75, 3.05) is 12.3 Å². The summed E-state index contributed by atoms with van der Waals surface area (Å²) in [7, 11) is 0. The van der Waals surface area contributed by atoms with Crippen LogP contribution in [0.3, 0.4) is 0 Å². The number of hydrogen-bond acceptors (Lipinski definition) is 4. The number of aromatic nitrogens is 2. The van der Waals surface area contributed by atoms with Crippen LogP contribution in [0.25, 0.3) is 0 Å². The first kappa shape index (κ1) is 13.4. The Hall–Kier alpha value is -0.610. The van der Waals surface area contributed by atoms with E-state index in [2.05, 4.69) is 19.2 Å². The molecule has 0 bridgehead atoms. The van der Waals surface area contributed by atoms with Crippen molar-refractivity contribution >= 4 is 11.8 Å². The molecule has 19 heavy (non-hydrogen) atoms. The van der Waals surface area contributed by atoms with Crippen LogP contribution in [0.5, 0.6) is 0 Å². The van der Waals surface area contributed by atoms with Gasteiger partial charge in [0, 0.05) is 31.0 Å². The topological polar surface area (TPSA) is 37.8 Å². The van der Waals surface area contributed by atoms with Gasteiger partial charge in [0.1, 0.15) is 5.82 Å². The predicted molar refractivity (Wildman–Crippen MR) is 80.4 cm³/mol. The normalized spacial score (nSPS) is 18.7. The van der Waals surface area contributed by atoms with Crippen molar-refractivity contribution in [3.05, 3.63) is 22.8 Å². The number of fused-ring (bicyclic) bond motifs is 1. The van der Waals surface area contributed by atoms with Gasteiger partial charge in [0.05, 0.1) is 17.1 Å². The van der Waals surface area contributed by atoms with Crippen molar-refractivity contribution in [2.45, 2.75) is 51.3 Å². The van der Waals surface area contributed by atoms with E-state index < -0.39 is 0 Å². The fourth-order valence-electron chi connectivity index (χ4n) is 2.57. The zero-order valence-corrected chi connectivity index (χ0v) is 12.7. The van der Waals surface area contributed by atoms with Crippen LogP contribution in [0, 0.1) is 5.92 Å². The lowest BCUT2D eigenvalue weighted by atomic mass is 10.0. The van der Waals surface area contributed by atoms with Gasteiger partial charge in [-0.25, -0.2) is 9.97 Å². The molecule has 3 rings (SSSR count). The maximum Gasteiger partial charge on any atom is 0.138 e. The molecule has 1 fully saturated rings. The summed E-state index contributed by atoms with van der Waals surface area (Å²) < 4.78 is 0. The lowest BCUT2D eigenvalue weighted by Gasteiger charge is -2.20. The molecule has 2 heterocycles. The van der Waals surface area contributed by atoms with Crippen LogP contribution in [0.1, 0.15) is 55.4 Å². The monoisotopic (exact) mass is 277 g/mol. The first-order chi connectivity index (χ1) is 9.24. The van der Waals surface area contributed by atoms with Gasteiger partial charge in [0.2, 0.25) is 0 Å². The van der Waals surface area contributed by atoms with Gasteiger partial charge in [0.25, 0.3) is 0 Å². The number of rotatable bonds is 5. The van der Waals surface area contributed by atoms with Crippen molar-refractivity contribution < 1.29 is 0 Å². The molecule has 1 aliphatic heterocycles. The van der Waals surface area contributed by atoms with E-state index in [0.29, 0.717) is 0 Å². The van der Waals surface area contributed by atoms with Crippen molar-refractivity contribution in [1.29, 1.82) is 0 Å². The summed E-state index contributed by atoms with van der Waals surface area (Å²) in [6, 6.07) is 0. The summed E-state index contributed by atoms with van der Waals surface area (Å²) in [6.45, 7) is 6.57. The molecular formula is C15H23N3S. The highest BCUT2D eigenvalue weighted by Crippen LogP contribution is 2.41. The largest absolute Gasteiger partial charge is 0.312 e. The third-order valence-electron chi connectivity index (χ3n) is 3.66. The third kappa shape index (κ3) is 3.29. The molecule has 0 unspecified atom stereocenters. The van der Waals surface area contributed by atoms with Gasteiger partial charge >= 0.3 is 0 Å². The summed E-state index contributed by atoms with van der Waals surface area (Å²) in [5.41, 5.74) is 4.08. The van der Waals surface area contributed by atoms with Crippen molar-refractivity contribution in [3.8, 4) is 0 Å². The Kier molecular flexibility index (Phi) is 4.08. The summed E-state index contributed by atoms with van der Waals surface area (Å²) >= 11 is 1.97. The van der Waals surface area contributed by atoms with Gasteiger partial charge in [-0.05, 0) is 24.5 Å². The third-order valence-corrected chi connectivity index (χ3v) is 5.02. The number of hydrogen-bond donors (Lipinski definition) is 1. The maximum atomic E-state index is 4.87. The summed E-state index contributed by atoms with van der Waals surface area (Å²) in [5.74, 6) is 4.70. The second kappa shape index (κ2) is 5.80. The van der Waals surface area contributed by atoms with E-state index in [1.807, 2.05) is 11.8 Å². The van der Waals surface area contributed by atoms with Crippen molar-refractivity contribution in [3.63, 3.8) is 0 Å². The second-order valence-corrected chi connectivity index (χ2v) is 7.09. The van der Waals surface area contributed by atoms with Crippen LogP contribution in [0.15, 0.2) is 0 Å². The van der Waals surface area contributed by atoms with Crippen LogP contribution in [-0.4, -0.2) is 22.3 Å². The van der Waals surface area contributed by atoms with Gasteiger partial charge in [-0.2, -0.15) is 11.8 Å². The van der Waals surface area contributed by atoms with E-state index in [1.165, 1.54) is 35.5 Å². The van der Waals surface area contributed by atoms with E-state index >= 15 is 0 Å². The van der Waals surface area contributed by atoms with Gasteiger partial charge in [-0.15, -0.1) is 0 Å². The molecule has 1 aromatic rings. The minimum absolute atomic E-state index is 0.727. The zero-order chi connectivity index (χ0) is 13.2. The molecule has 0 spiro atoms. The Morgan fingerprint density at radius 3 is 2.89 bits per heavy atom. The predicted octanol–water partition coefficient (Wildman–Crippen LogP) is 2.89. The quantitative estimate of drug-likeness (QED) is 0.898. The number of nitrogens with one attached hydrogen (secondary N) is 1. The van der Waals surface area contributed by atoms with E-state index in [-0.39, 0.29) is 0 Å². The molecule has 0 aromatic carbocycles. The standard InChI is InChI=1S/C15H23N3S/c1-10(2)8-19-9-14-17-13-5-6-16-7-12(13)15(18-14)11-3-4-11/h10-11,16H,3-9H2,1-2H3. The smallest absolute Gasteiger partial charge is 0.138 e. The first-order valence-electron chi connectivity index (χ1n) is 7.41. The molecule has 3 nitrogen and oxygen atoms in total. The highest BCUT2D eigenvalue weighted by molar-refractivity contribution is 7.98. The van der Waals surface area contributed by atoms with Gasteiger partial charge < -0.3 is 5.32 Å². The van der Waals surface area contributed by atoms with Gasteiger partial charge in [-0.3, -0.25) is 0 Å². The zero-order valence-electron chi connectivity index (χ0n) is 11.9. The summed E-state index contributed by atoms with van der Waals surface area (Å²) in [5, 5.41) is 3.46. The fraction of sp³-hybridized carbons (Fsp3) is 0.733. The summed E-state index contributed by atoms with van der Waals surface area (Å²) in [4.78, 5) is 9.68. The highest BCUT2D eigenvalue weighted by atomic mass is 32.2. The molecule has 1 N–H and O–H groups in total. The Bertz CT molecular complexity index is 455. The maximum absolute atomic E-state index is 4.87. The van der Waals surface area contributed by atoms with Crippen LogP contribution < -0.4 is 5.32 Å². The van der Waals surface area contributed by atoms with Crippen molar-refractivity contribution in [2.24, 2.45) is 5.92 Å². The minimum atomic E-state index is 0.727. The molecule has 0 saturated heterocycles. The SMILES string of the molecule is CC(C)CSCc1nc2c(c(C3CC3)n1)CNCC2. The minimum Gasteiger partial charge on any atom is -0.312 e. The molecule has 0 radical (unpaired) electrons. The molecule has 2 aliphatic rings. The Balaban J connectivity index is 1.78. The molecule has 1 saturated carbocycles. The van der Waals surface area contributed by atoms with Crippen LogP contribution in [-0.2, 0) is 18.7 Å². The highest BCUT2D eigenvalue weighted by Gasteiger charge is 2.30. The molecule has 1 aliphatic carbocycles. The van der Waals surface area contributed by atoms with Crippen LogP contribution in [0.2, 0.25) is 0 Å². The lowest BCUT2D eigenvalue weighted by molar-refractivity contribution is 0.612. The molecule has 0 atom stereocenters. The van der Waals surface area contributed by atoms with E-state index in [4.69, 9.17) is 9.97 Å². The van der Waals surface area contributed by atoms with Crippen molar-refractivity contribution in [1.82, 2.24) is 15.3 Å². The Morgan fingerprint density at radius 2 is 2.16 bits per heavy atom. The second-order valence-electron chi connectivity index (χ2n) is 6.06. The summed E-state index contributed by atoms with van der Waals surface area (Å²) in [6.07, 6.45) is 3.71. The van der Waals surface area contributed by atoms with E-state index in [1.54, 1.807) is 0 Å². The first-order valence-corrected chi connectivity index (χ1v) is 8.56. The van der Waals surface area contributed by atoms with Crippen LogP contribution in [0.4, 0.5) is 0 Å². The average Bonchev–Trinajstić information content (AvgIpc) is 3.21. The molecule has 0 amide bonds. The van der Waals surface area contributed by atoms with E-state index in [0.717, 1.165) is 42.9 Å². The van der Waals surface area contributed by atoms with Crippen LogP contribution >= 0.6 is 11.8 Å². The molecular weight excluding hydrogens is 254 g/mol. The number of thioether (sulfide) groups is 1. The lowest BCUT2D eigenvalue weighted by Crippen LogP contribution is -2.27. The fourth-order valence-corrected chi connectivity index (χ4v) is 3.47. The molecule has 1 aromatic heterocycles. The van der Waals surface area contributed by atoms with Gasteiger partial charge in [-0.1, -0.05) is 13.8 Å². The molecule has 4 heteroatoms.